The second-order valence-electron chi connectivity index (χ2n) is 9.23. The summed E-state index contributed by atoms with van der Waals surface area (Å²) in [5.74, 6) is -2.70. The van der Waals surface area contributed by atoms with Gasteiger partial charge in [0, 0.05) is 26.1 Å². The molecule has 0 amide bonds. The number of piperidine rings is 1. The fourth-order valence-corrected chi connectivity index (χ4v) is 5.75. The highest BCUT2D eigenvalue weighted by molar-refractivity contribution is 7.88. The van der Waals surface area contributed by atoms with Gasteiger partial charge in [-0.15, -0.1) is 0 Å². The summed E-state index contributed by atoms with van der Waals surface area (Å²) >= 11 is 12.5. The number of ketones is 1. The first-order valence-electron chi connectivity index (χ1n) is 11.6. The zero-order valence-corrected chi connectivity index (χ0v) is 22.4. The van der Waals surface area contributed by atoms with Crippen molar-refractivity contribution in [2.24, 2.45) is 13.0 Å². The van der Waals surface area contributed by atoms with Gasteiger partial charge < -0.3 is 9.73 Å². The molecule has 0 bridgehead atoms. The number of nitrogens with zero attached hydrogens (tertiary/aromatic N) is 2. The smallest absolute Gasteiger partial charge is 0.208 e. The number of aromatic nitrogens is 2. The molecule has 1 aliphatic rings. The van der Waals surface area contributed by atoms with E-state index >= 15 is 0 Å². The molecule has 13 heteroatoms. The second-order valence-corrected chi connectivity index (χ2v) is 11.8. The first kappa shape index (κ1) is 27.7. The predicted octanol–water partition coefficient (Wildman–Crippen LogP) is 4.54. The zero-order valence-electron chi connectivity index (χ0n) is 20.1. The number of sulfonamides is 1. The van der Waals surface area contributed by atoms with E-state index in [-0.39, 0.29) is 47.6 Å². The number of halogens is 4. The van der Waals surface area contributed by atoms with Crippen molar-refractivity contribution in [3.05, 3.63) is 63.7 Å². The van der Waals surface area contributed by atoms with Crippen molar-refractivity contribution >= 4 is 39.0 Å². The van der Waals surface area contributed by atoms with E-state index < -0.39 is 21.7 Å². The number of rotatable bonds is 9. The lowest BCUT2D eigenvalue weighted by Gasteiger charge is -2.37. The van der Waals surface area contributed by atoms with Crippen LogP contribution in [0.2, 0.25) is 10.2 Å². The van der Waals surface area contributed by atoms with Gasteiger partial charge in [-0.25, -0.2) is 21.9 Å². The molecule has 2 aromatic heterocycles. The monoisotopic (exact) mass is 574 g/mol. The van der Waals surface area contributed by atoms with Crippen LogP contribution in [-0.2, 0) is 17.1 Å². The molecular weight excluding hydrogens is 549 g/mol. The van der Waals surface area contributed by atoms with E-state index in [2.05, 4.69) is 15.1 Å². The van der Waals surface area contributed by atoms with Gasteiger partial charge in [0.1, 0.15) is 0 Å². The quantitative estimate of drug-likeness (QED) is 0.363. The fraction of sp³-hybridized carbons (Fsp3) is 0.417. The van der Waals surface area contributed by atoms with Crippen LogP contribution in [0.25, 0.3) is 11.3 Å². The van der Waals surface area contributed by atoms with Crippen LogP contribution in [0.5, 0.6) is 0 Å². The minimum Gasteiger partial charge on any atom is -0.441 e. The normalized spacial score (nSPS) is 20.3. The summed E-state index contributed by atoms with van der Waals surface area (Å²) < 4.78 is 60.0. The molecule has 8 nitrogen and oxygen atoms in total. The molecule has 1 fully saturated rings. The van der Waals surface area contributed by atoms with Crippen LogP contribution in [0.3, 0.4) is 0 Å². The summed E-state index contributed by atoms with van der Waals surface area (Å²) in [4.78, 5) is 13.2. The highest BCUT2D eigenvalue weighted by atomic mass is 35.5. The molecule has 0 aliphatic carbocycles. The maximum atomic E-state index is 14.1. The van der Waals surface area contributed by atoms with E-state index in [0.29, 0.717) is 41.2 Å². The Morgan fingerprint density at radius 1 is 1.27 bits per heavy atom. The molecule has 0 spiro atoms. The molecule has 0 saturated carbocycles. The Morgan fingerprint density at radius 2 is 2.03 bits per heavy atom. The summed E-state index contributed by atoms with van der Waals surface area (Å²) in [5.41, 5.74) is 1.52. The minimum atomic E-state index is -3.33. The van der Waals surface area contributed by atoms with Gasteiger partial charge in [-0.3, -0.25) is 9.48 Å². The molecule has 1 aliphatic heterocycles. The van der Waals surface area contributed by atoms with Crippen LogP contribution < -0.4 is 10.0 Å². The Morgan fingerprint density at radius 3 is 2.68 bits per heavy atom. The van der Waals surface area contributed by atoms with Crippen molar-refractivity contribution in [2.45, 2.75) is 31.2 Å². The van der Waals surface area contributed by atoms with Gasteiger partial charge in [0.25, 0.3) is 0 Å². The third-order valence-electron chi connectivity index (χ3n) is 6.56. The Bertz CT molecular complexity index is 1390. The third-order valence-corrected chi connectivity index (χ3v) is 7.85. The number of hydrogen-bond donors (Lipinski definition) is 2. The molecular formula is C24H26Cl2F2N4O4S. The first-order valence-corrected chi connectivity index (χ1v) is 14.2. The van der Waals surface area contributed by atoms with Crippen LogP contribution in [0.1, 0.15) is 41.3 Å². The van der Waals surface area contributed by atoms with Crippen molar-refractivity contribution in [3.63, 3.8) is 0 Å². The zero-order chi connectivity index (χ0) is 26.9. The van der Waals surface area contributed by atoms with Crippen LogP contribution in [0.4, 0.5) is 8.78 Å². The number of benzene rings is 1. The molecule has 200 valence electrons. The molecule has 4 rings (SSSR count). The summed E-state index contributed by atoms with van der Waals surface area (Å²) in [6.07, 6.45) is 3.61. The number of carbonyl (C=O) groups is 1. The van der Waals surface area contributed by atoms with Crippen LogP contribution in [0.15, 0.2) is 34.9 Å². The number of furan rings is 1. The van der Waals surface area contributed by atoms with Gasteiger partial charge in [-0.05, 0) is 66.6 Å². The van der Waals surface area contributed by atoms with Gasteiger partial charge in [0.2, 0.25) is 15.2 Å². The van der Waals surface area contributed by atoms with Gasteiger partial charge in [-0.1, -0.05) is 17.7 Å². The van der Waals surface area contributed by atoms with Crippen molar-refractivity contribution in [3.8, 4) is 11.3 Å². The third kappa shape index (κ3) is 6.58. The van der Waals surface area contributed by atoms with Gasteiger partial charge in [-0.2, -0.15) is 5.10 Å². The van der Waals surface area contributed by atoms with Crippen molar-refractivity contribution in [1.82, 2.24) is 19.8 Å². The molecule has 1 unspecified atom stereocenters. The minimum absolute atomic E-state index is 0.00575. The summed E-state index contributed by atoms with van der Waals surface area (Å²) in [7, 11) is -1.64. The SMILES string of the molecule is Cn1ncc(Cl)c1-c1cc(C(=O)C[C@@H]2CNC(CCNS(C)(=O)=O)C[C@H]2c2ccc(F)c(F)c2)oc1Cl. The maximum absolute atomic E-state index is 14.1. The molecule has 1 aromatic carbocycles. The molecule has 3 aromatic rings. The fourth-order valence-electron chi connectivity index (χ4n) is 4.77. The number of Topliss-reactive ketones (excluding diaryl/α,β-unsaturated/α-hetero) is 1. The Kier molecular flexibility index (Phi) is 8.39. The van der Waals surface area contributed by atoms with Crippen molar-refractivity contribution in [1.29, 1.82) is 0 Å². The van der Waals surface area contributed by atoms with Gasteiger partial charge in [0.05, 0.1) is 28.7 Å². The first-order chi connectivity index (χ1) is 17.4. The molecule has 2 N–H and O–H groups in total. The van der Waals surface area contributed by atoms with E-state index in [0.717, 1.165) is 18.4 Å². The Labute approximate surface area is 223 Å². The van der Waals surface area contributed by atoms with Crippen molar-refractivity contribution in [2.75, 3.05) is 19.3 Å². The Balaban J connectivity index is 1.54. The largest absolute Gasteiger partial charge is 0.441 e. The Hall–Kier alpha value is -2.31. The van der Waals surface area contributed by atoms with E-state index in [1.165, 1.54) is 23.0 Å². The molecule has 0 radical (unpaired) electrons. The van der Waals surface area contributed by atoms with Crippen LogP contribution in [-0.4, -0.2) is 49.4 Å². The average Bonchev–Trinajstić information content (AvgIpc) is 3.36. The standard InChI is InChI=1S/C24H26Cl2F2N4O4S/c1-32-23(18(25)12-30-32)17-10-22(36-24(17)26)21(33)8-14-11-29-15(5-6-31-37(2,34)35)9-16(14)13-3-4-19(27)20(28)7-13/h3-4,7,10,12,14-16,29,31H,5-6,8-9,11H2,1-2H3/t14-,15?,16+/m1/s1. The van der Waals surface area contributed by atoms with Gasteiger partial charge >= 0.3 is 0 Å². The number of hydrogen-bond acceptors (Lipinski definition) is 6. The van der Waals surface area contributed by atoms with Crippen LogP contribution in [0, 0.1) is 17.6 Å². The lowest BCUT2D eigenvalue weighted by Crippen LogP contribution is -2.45. The summed E-state index contributed by atoms with van der Waals surface area (Å²) in [6.45, 7) is 0.642. The summed E-state index contributed by atoms with van der Waals surface area (Å²) in [5, 5.41) is 7.79. The average molecular weight is 575 g/mol. The number of aryl methyl sites for hydroxylation is 1. The van der Waals surface area contributed by atoms with E-state index in [1.54, 1.807) is 7.05 Å². The second kappa shape index (κ2) is 11.2. The van der Waals surface area contributed by atoms with E-state index in [1.807, 2.05) is 0 Å². The lowest BCUT2D eigenvalue weighted by molar-refractivity contribution is 0.0911. The topological polar surface area (TPSA) is 106 Å². The highest BCUT2D eigenvalue weighted by Crippen LogP contribution is 2.39. The van der Waals surface area contributed by atoms with E-state index in [4.69, 9.17) is 27.6 Å². The van der Waals surface area contributed by atoms with E-state index in [9.17, 15) is 22.0 Å². The summed E-state index contributed by atoms with van der Waals surface area (Å²) in [6, 6.07) is 5.18. The van der Waals surface area contributed by atoms with Gasteiger partial charge in [0.15, 0.2) is 23.2 Å². The lowest BCUT2D eigenvalue weighted by atomic mass is 9.75. The maximum Gasteiger partial charge on any atom is 0.208 e. The van der Waals surface area contributed by atoms with Crippen molar-refractivity contribution < 1.29 is 26.4 Å². The number of carbonyl (C=O) groups excluding carboxylic acids is 1. The molecule has 1 saturated heterocycles. The predicted molar refractivity (Wildman–Crippen MR) is 136 cm³/mol. The molecule has 3 atom stereocenters. The van der Waals surface area contributed by atoms with Crippen LogP contribution >= 0.6 is 23.2 Å². The highest BCUT2D eigenvalue weighted by Gasteiger charge is 2.34. The molecule has 3 heterocycles. The number of nitrogens with one attached hydrogen (secondary N) is 2. The molecule has 37 heavy (non-hydrogen) atoms.